The van der Waals surface area contributed by atoms with Crippen LogP contribution in [0.3, 0.4) is 0 Å². The van der Waals surface area contributed by atoms with Crippen LogP contribution in [0, 0.1) is 0 Å². The number of hydrogen-bond acceptors (Lipinski definition) is 8. The van der Waals surface area contributed by atoms with E-state index in [1.807, 2.05) is 0 Å². The summed E-state index contributed by atoms with van der Waals surface area (Å²) < 4.78 is 62.3. The molecule has 0 bridgehead atoms. The third-order valence-electron chi connectivity index (χ3n) is 4.31. The Morgan fingerprint density at radius 1 is 1.12 bits per heavy atom. The van der Waals surface area contributed by atoms with Gasteiger partial charge in [0.15, 0.2) is 15.7 Å². The normalized spacial score (nSPS) is 12.6. The fourth-order valence-electron chi connectivity index (χ4n) is 2.82. The number of aliphatic imine (C=N–C) groups is 2. The van der Waals surface area contributed by atoms with E-state index in [9.17, 15) is 21.6 Å². The molecule has 34 heavy (non-hydrogen) atoms. The molecule has 1 aromatic carbocycles. The monoisotopic (exact) mass is 494 g/mol. The molecule has 0 aliphatic heterocycles. The smallest absolute Gasteiger partial charge is 0.390 e. The zero-order valence-corrected chi connectivity index (χ0v) is 18.7. The van der Waals surface area contributed by atoms with Crippen molar-refractivity contribution in [3.05, 3.63) is 36.4 Å². The Labute approximate surface area is 193 Å². The number of sulfone groups is 1. The number of nitrogens with one attached hydrogen (secondary N) is 2. The van der Waals surface area contributed by atoms with Crippen molar-refractivity contribution in [2.45, 2.75) is 11.1 Å². The number of halogens is 3. The van der Waals surface area contributed by atoms with Gasteiger partial charge in [0, 0.05) is 18.4 Å². The summed E-state index contributed by atoms with van der Waals surface area (Å²) in [5.41, 5.74) is 6.33. The van der Waals surface area contributed by atoms with Crippen LogP contribution >= 0.6 is 0 Å². The molecule has 0 aliphatic carbocycles. The molecule has 2 aromatic heterocycles. The molecule has 0 atom stereocenters. The Hall–Kier alpha value is -3.81. The van der Waals surface area contributed by atoms with Crippen LogP contribution in [0.25, 0.3) is 22.3 Å². The first-order chi connectivity index (χ1) is 16.1. The summed E-state index contributed by atoms with van der Waals surface area (Å²) in [5, 5.41) is 5.15. The molecule has 4 N–H and O–H groups in total. The van der Waals surface area contributed by atoms with Gasteiger partial charge in [-0.05, 0) is 24.3 Å². The lowest BCUT2D eigenvalue weighted by molar-refractivity contribution is -0.115. The van der Waals surface area contributed by atoms with E-state index >= 15 is 0 Å². The van der Waals surface area contributed by atoms with E-state index in [1.165, 1.54) is 18.5 Å². The lowest BCUT2D eigenvalue weighted by Gasteiger charge is -2.13. The molecule has 180 valence electrons. The summed E-state index contributed by atoms with van der Waals surface area (Å²) in [5.74, 6) is -0.0366. The fraction of sp³-hybridized carbons (Fsp3) is 0.250. The molecule has 2 heterocycles. The van der Waals surface area contributed by atoms with Crippen molar-refractivity contribution in [1.29, 1.82) is 0 Å². The molecule has 0 fully saturated rings. The maximum Gasteiger partial charge on any atom is 0.405 e. The van der Waals surface area contributed by atoms with Gasteiger partial charge >= 0.3 is 6.18 Å². The molecule has 0 unspecified atom stereocenters. The van der Waals surface area contributed by atoms with Crippen molar-refractivity contribution in [2.75, 3.05) is 36.5 Å². The van der Waals surface area contributed by atoms with E-state index in [2.05, 4.69) is 35.6 Å². The van der Waals surface area contributed by atoms with E-state index in [4.69, 9.17) is 5.73 Å². The number of hydrogen-bond donors (Lipinski definition) is 3. The molecule has 0 spiro atoms. The Kier molecular flexibility index (Phi) is 7.61. The van der Waals surface area contributed by atoms with Crippen LogP contribution in [-0.2, 0) is 9.84 Å². The van der Waals surface area contributed by atoms with Crippen LogP contribution in [-0.4, -0.2) is 68.1 Å². The second kappa shape index (κ2) is 10.4. The van der Waals surface area contributed by atoms with Gasteiger partial charge < -0.3 is 16.4 Å². The maximum atomic E-state index is 12.9. The molecule has 0 amide bonds. The predicted molar refractivity (Wildman–Crippen MR) is 125 cm³/mol. The second-order valence-corrected chi connectivity index (χ2v) is 8.99. The first-order valence-electron chi connectivity index (χ1n) is 9.82. The topological polar surface area (TPSA) is 148 Å². The van der Waals surface area contributed by atoms with E-state index in [0.717, 1.165) is 12.6 Å². The van der Waals surface area contributed by atoms with Crippen molar-refractivity contribution in [3.63, 3.8) is 0 Å². The number of fused-ring (bicyclic) bond motifs is 1. The fourth-order valence-corrected chi connectivity index (χ4v) is 3.49. The molecule has 3 aromatic rings. The van der Waals surface area contributed by atoms with Gasteiger partial charge in [0.05, 0.1) is 29.0 Å². The van der Waals surface area contributed by atoms with Gasteiger partial charge in [-0.1, -0.05) is 12.1 Å². The van der Waals surface area contributed by atoms with Gasteiger partial charge in [-0.2, -0.15) is 18.2 Å². The molecular weight excluding hydrogens is 473 g/mol. The number of pyridine rings is 1. The van der Waals surface area contributed by atoms with Gasteiger partial charge in [-0.25, -0.2) is 23.4 Å². The van der Waals surface area contributed by atoms with Gasteiger partial charge in [0.1, 0.15) is 18.4 Å². The number of nitrogens with two attached hydrogens (primary N) is 1. The van der Waals surface area contributed by atoms with Crippen molar-refractivity contribution in [1.82, 2.24) is 15.0 Å². The first kappa shape index (κ1) is 24.8. The number of alkyl halides is 3. The Bertz CT molecular complexity index is 1330. The highest BCUT2D eigenvalue weighted by Gasteiger charge is 2.27. The SMILES string of the molecule is CS(=O)(=O)c1cccc(-c2ccc3nc(NCCN=CN=CN)nc(NCC(F)(F)F)c3n2)c1. The van der Waals surface area contributed by atoms with Gasteiger partial charge in [0.25, 0.3) is 0 Å². The number of nitrogens with zero attached hydrogens (tertiary/aromatic N) is 5. The lowest BCUT2D eigenvalue weighted by atomic mass is 10.1. The Morgan fingerprint density at radius 3 is 2.62 bits per heavy atom. The van der Waals surface area contributed by atoms with Crippen molar-refractivity contribution in [2.24, 2.45) is 15.7 Å². The highest BCUT2D eigenvalue weighted by atomic mass is 32.2. The summed E-state index contributed by atoms with van der Waals surface area (Å²) in [7, 11) is -3.45. The van der Waals surface area contributed by atoms with E-state index < -0.39 is 22.6 Å². The number of benzene rings is 1. The molecule has 0 saturated carbocycles. The zero-order chi connectivity index (χ0) is 24.8. The third kappa shape index (κ3) is 6.84. The number of rotatable bonds is 9. The van der Waals surface area contributed by atoms with Crippen LogP contribution in [0.2, 0.25) is 0 Å². The minimum absolute atomic E-state index is 0.0864. The molecule has 10 nitrogen and oxygen atoms in total. The molecular formula is C20H21F3N8O2S. The van der Waals surface area contributed by atoms with Crippen LogP contribution < -0.4 is 16.4 Å². The molecule has 3 rings (SSSR count). The summed E-state index contributed by atoms with van der Waals surface area (Å²) >= 11 is 0. The maximum absolute atomic E-state index is 12.9. The van der Waals surface area contributed by atoms with E-state index in [-0.39, 0.29) is 22.2 Å². The number of aromatic nitrogens is 3. The predicted octanol–water partition coefficient (Wildman–Crippen LogP) is 2.50. The van der Waals surface area contributed by atoms with Crippen LogP contribution in [0.4, 0.5) is 24.9 Å². The average Bonchev–Trinajstić information content (AvgIpc) is 2.78. The Balaban J connectivity index is 1.97. The zero-order valence-electron chi connectivity index (χ0n) is 17.9. The summed E-state index contributed by atoms with van der Waals surface area (Å²) in [4.78, 5) is 20.5. The molecule has 0 radical (unpaired) electrons. The van der Waals surface area contributed by atoms with Crippen molar-refractivity contribution < 1.29 is 21.6 Å². The van der Waals surface area contributed by atoms with Gasteiger partial charge in [0.2, 0.25) is 5.95 Å². The number of anilines is 2. The molecule has 0 aliphatic rings. The highest BCUT2D eigenvalue weighted by Crippen LogP contribution is 2.27. The average molecular weight is 495 g/mol. The van der Waals surface area contributed by atoms with E-state index in [1.54, 1.807) is 24.3 Å². The third-order valence-corrected chi connectivity index (χ3v) is 5.43. The standard InChI is InChI=1S/C20H21F3N8O2S/c1-34(32,33)14-4-2-3-13(9-14)15-5-6-16-17(29-15)18(28-10-20(21,22)23)31-19(30-16)27-8-7-25-12-26-11-24/h2-6,9,11-12H,7-8,10H2,1H3,(H2,24,25,26)(H2,27,28,30,31). The second-order valence-electron chi connectivity index (χ2n) is 6.98. The van der Waals surface area contributed by atoms with Crippen LogP contribution in [0.15, 0.2) is 51.3 Å². The summed E-state index contributed by atoms with van der Waals surface area (Å²) in [6, 6.07) is 9.28. The minimum atomic E-state index is -4.48. The van der Waals surface area contributed by atoms with Crippen molar-refractivity contribution >= 4 is 45.3 Å². The highest BCUT2D eigenvalue weighted by molar-refractivity contribution is 7.90. The largest absolute Gasteiger partial charge is 0.405 e. The molecule has 0 saturated heterocycles. The van der Waals surface area contributed by atoms with Crippen molar-refractivity contribution in [3.8, 4) is 11.3 Å². The first-order valence-corrected chi connectivity index (χ1v) is 11.7. The summed E-state index contributed by atoms with van der Waals surface area (Å²) in [6.07, 6.45) is -1.05. The lowest BCUT2D eigenvalue weighted by Crippen LogP contribution is -2.22. The van der Waals surface area contributed by atoms with Gasteiger partial charge in [-0.3, -0.25) is 4.99 Å². The van der Waals surface area contributed by atoms with Gasteiger partial charge in [-0.15, -0.1) is 0 Å². The molecule has 14 heteroatoms. The minimum Gasteiger partial charge on any atom is -0.390 e. The summed E-state index contributed by atoms with van der Waals surface area (Å²) in [6.45, 7) is -0.724. The van der Waals surface area contributed by atoms with Crippen LogP contribution in [0.1, 0.15) is 0 Å². The van der Waals surface area contributed by atoms with Crippen LogP contribution in [0.5, 0.6) is 0 Å². The van der Waals surface area contributed by atoms with E-state index in [0.29, 0.717) is 29.9 Å². The Morgan fingerprint density at radius 2 is 1.91 bits per heavy atom. The quantitative estimate of drug-likeness (QED) is 0.234.